The molecule has 174 valence electrons. The Labute approximate surface area is 165 Å². The van der Waals surface area contributed by atoms with E-state index in [1.165, 1.54) is 24.3 Å². The van der Waals surface area contributed by atoms with Crippen molar-refractivity contribution in [2.45, 2.75) is 62.7 Å². The van der Waals surface area contributed by atoms with Crippen molar-refractivity contribution < 1.29 is 53.0 Å². The minimum absolute atomic E-state index is 0.0413. The van der Waals surface area contributed by atoms with Gasteiger partial charge in [-0.05, 0) is 23.5 Å². The van der Waals surface area contributed by atoms with Crippen molar-refractivity contribution in [3.8, 4) is 0 Å². The third kappa shape index (κ3) is 4.67. The van der Waals surface area contributed by atoms with Gasteiger partial charge in [0.25, 0.3) is 0 Å². The maximum Gasteiger partial charge on any atom is 0.460 e. The number of rotatable bonds is 9. The van der Waals surface area contributed by atoms with Gasteiger partial charge in [-0.3, -0.25) is 0 Å². The van der Waals surface area contributed by atoms with Crippen LogP contribution in [0, 0.1) is 5.92 Å². The van der Waals surface area contributed by atoms with Gasteiger partial charge in [0.1, 0.15) is 0 Å². The molecule has 1 unspecified atom stereocenters. The average Bonchev–Trinajstić information content (AvgIpc) is 2.58. The Morgan fingerprint density at radius 2 is 1.27 bits per heavy atom. The second-order valence-corrected chi connectivity index (χ2v) is 7.15. The quantitative estimate of drug-likeness (QED) is 0.359. The molecule has 0 heterocycles. The van der Waals surface area contributed by atoms with Crippen LogP contribution in [-0.4, -0.2) is 37.0 Å². The van der Waals surface area contributed by atoms with Crippen LogP contribution in [0.25, 0.3) is 0 Å². The summed E-state index contributed by atoms with van der Waals surface area (Å²) in [6.07, 6.45) is -11.2. The molecule has 0 bridgehead atoms. The summed E-state index contributed by atoms with van der Waals surface area (Å²) in [6.45, 7) is 3.47. The topological polar surface area (TPSA) is 9.23 Å². The fraction of sp³-hybridized carbons (Fsp3) is 0.667. The number of benzene rings is 1. The Kier molecular flexibility index (Phi) is 7.50. The van der Waals surface area contributed by atoms with Gasteiger partial charge in [0.15, 0.2) is 0 Å². The van der Waals surface area contributed by atoms with E-state index in [1.807, 2.05) is 0 Å². The SMILES string of the molecule is COC(CC(F)(F)C(F)(F)C(F)(F)C(F)(F)C(F)(F)F)c1ccccc1CC(C)C. The normalized spacial score (nSPS) is 15.6. The van der Waals surface area contributed by atoms with Crippen molar-refractivity contribution in [3.63, 3.8) is 0 Å². The highest BCUT2D eigenvalue weighted by Gasteiger charge is 2.87. The number of ether oxygens (including phenoxy) is 1. The molecule has 0 N–H and O–H groups in total. The molecule has 0 saturated carbocycles. The Hall–Kier alpha value is -1.59. The molecule has 0 aliphatic rings. The molecule has 30 heavy (non-hydrogen) atoms. The predicted molar refractivity (Wildman–Crippen MR) is 85.2 cm³/mol. The standard InChI is InChI=1S/C18H19F11O/c1-10(2)8-11-6-4-5-7-12(11)13(30-3)9-14(19,20)15(21,22)16(23,24)17(25,26)18(27,28)29/h4-7,10,13H,8-9H2,1-3H3. The lowest BCUT2D eigenvalue weighted by Crippen LogP contribution is -2.66. The summed E-state index contributed by atoms with van der Waals surface area (Å²) >= 11 is 0. The minimum atomic E-state index is -7.42. The fourth-order valence-electron chi connectivity index (χ4n) is 2.76. The monoisotopic (exact) mass is 460 g/mol. The molecule has 0 aliphatic heterocycles. The number of hydrogen-bond donors (Lipinski definition) is 0. The Morgan fingerprint density at radius 1 is 0.767 bits per heavy atom. The zero-order valence-electron chi connectivity index (χ0n) is 15.9. The van der Waals surface area contributed by atoms with Gasteiger partial charge in [-0.25, -0.2) is 0 Å². The van der Waals surface area contributed by atoms with E-state index in [9.17, 15) is 48.3 Å². The van der Waals surface area contributed by atoms with E-state index in [4.69, 9.17) is 0 Å². The van der Waals surface area contributed by atoms with Crippen molar-refractivity contribution in [3.05, 3.63) is 35.4 Å². The number of alkyl halides is 11. The molecule has 1 aromatic carbocycles. The number of methoxy groups -OCH3 is 1. The van der Waals surface area contributed by atoms with E-state index in [1.54, 1.807) is 13.8 Å². The van der Waals surface area contributed by atoms with Crippen LogP contribution in [0.5, 0.6) is 0 Å². The van der Waals surface area contributed by atoms with Gasteiger partial charge < -0.3 is 4.74 Å². The summed E-state index contributed by atoms with van der Waals surface area (Å²) in [5.41, 5.74) is 0.237. The van der Waals surface area contributed by atoms with Crippen LogP contribution in [0.2, 0.25) is 0 Å². The molecule has 0 aromatic heterocycles. The summed E-state index contributed by atoms with van der Waals surface area (Å²) < 4.78 is 150. The van der Waals surface area contributed by atoms with Gasteiger partial charge in [-0.2, -0.15) is 48.3 Å². The second-order valence-electron chi connectivity index (χ2n) is 7.15. The van der Waals surface area contributed by atoms with Crippen LogP contribution in [-0.2, 0) is 11.2 Å². The van der Waals surface area contributed by atoms with Crippen molar-refractivity contribution in [1.82, 2.24) is 0 Å². The molecule has 0 spiro atoms. The van der Waals surface area contributed by atoms with E-state index in [2.05, 4.69) is 4.74 Å². The molecular weight excluding hydrogens is 441 g/mol. The molecular formula is C18H19F11O. The first-order valence-corrected chi connectivity index (χ1v) is 8.52. The lowest BCUT2D eigenvalue weighted by molar-refractivity contribution is -0.423. The zero-order chi connectivity index (χ0) is 23.8. The Morgan fingerprint density at radius 3 is 1.70 bits per heavy atom. The van der Waals surface area contributed by atoms with Gasteiger partial charge in [-0.1, -0.05) is 38.1 Å². The molecule has 0 saturated heterocycles. The Balaban J connectivity index is 3.37. The van der Waals surface area contributed by atoms with Crippen molar-refractivity contribution in [2.24, 2.45) is 5.92 Å². The summed E-state index contributed by atoms with van der Waals surface area (Å²) in [7, 11) is 0.785. The van der Waals surface area contributed by atoms with E-state index in [0.717, 1.165) is 7.11 Å². The highest BCUT2D eigenvalue weighted by molar-refractivity contribution is 5.30. The van der Waals surface area contributed by atoms with E-state index in [-0.39, 0.29) is 17.9 Å². The van der Waals surface area contributed by atoms with Crippen molar-refractivity contribution in [2.75, 3.05) is 7.11 Å². The van der Waals surface area contributed by atoms with Crippen LogP contribution < -0.4 is 0 Å². The van der Waals surface area contributed by atoms with Crippen molar-refractivity contribution >= 4 is 0 Å². The maximum atomic E-state index is 14.1. The zero-order valence-corrected chi connectivity index (χ0v) is 15.9. The van der Waals surface area contributed by atoms with Gasteiger partial charge in [0.2, 0.25) is 0 Å². The minimum Gasteiger partial charge on any atom is -0.377 e. The summed E-state index contributed by atoms with van der Waals surface area (Å²) in [4.78, 5) is 0. The summed E-state index contributed by atoms with van der Waals surface area (Å²) in [5.74, 6) is -27.9. The first-order chi connectivity index (χ1) is 13.3. The van der Waals surface area contributed by atoms with E-state index in [0.29, 0.717) is 5.56 Å². The van der Waals surface area contributed by atoms with Crippen LogP contribution in [0.4, 0.5) is 48.3 Å². The molecule has 12 heteroatoms. The predicted octanol–water partition coefficient (Wildman–Crippen LogP) is 7.07. The van der Waals surface area contributed by atoms with Gasteiger partial charge in [-0.15, -0.1) is 0 Å². The molecule has 0 aliphatic carbocycles. The van der Waals surface area contributed by atoms with Gasteiger partial charge in [0, 0.05) is 13.5 Å². The van der Waals surface area contributed by atoms with Gasteiger partial charge >= 0.3 is 29.9 Å². The van der Waals surface area contributed by atoms with Crippen LogP contribution >= 0.6 is 0 Å². The van der Waals surface area contributed by atoms with Crippen molar-refractivity contribution in [1.29, 1.82) is 0 Å². The first kappa shape index (κ1) is 26.4. The molecule has 1 atom stereocenters. The molecule has 0 radical (unpaired) electrons. The van der Waals surface area contributed by atoms with Crippen LogP contribution in [0.15, 0.2) is 24.3 Å². The van der Waals surface area contributed by atoms with E-state index >= 15 is 0 Å². The first-order valence-electron chi connectivity index (χ1n) is 8.52. The lowest BCUT2D eigenvalue weighted by Gasteiger charge is -2.38. The largest absolute Gasteiger partial charge is 0.460 e. The summed E-state index contributed by atoms with van der Waals surface area (Å²) in [5, 5.41) is 0. The van der Waals surface area contributed by atoms with Crippen LogP contribution in [0.1, 0.15) is 37.5 Å². The highest BCUT2D eigenvalue weighted by Crippen LogP contribution is 2.58. The second kappa shape index (κ2) is 8.51. The third-order valence-electron chi connectivity index (χ3n) is 4.36. The number of halogens is 11. The third-order valence-corrected chi connectivity index (χ3v) is 4.36. The smallest absolute Gasteiger partial charge is 0.377 e. The lowest BCUT2D eigenvalue weighted by atomic mass is 9.89. The highest BCUT2D eigenvalue weighted by atomic mass is 19.4. The summed E-state index contributed by atoms with van der Waals surface area (Å²) in [6, 6.07) is 5.42. The number of hydrogen-bond acceptors (Lipinski definition) is 1. The molecule has 0 amide bonds. The van der Waals surface area contributed by atoms with Gasteiger partial charge in [0.05, 0.1) is 6.10 Å². The molecule has 1 aromatic rings. The average molecular weight is 460 g/mol. The molecule has 1 rings (SSSR count). The van der Waals surface area contributed by atoms with E-state index < -0.39 is 42.4 Å². The fourth-order valence-corrected chi connectivity index (χ4v) is 2.76. The van der Waals surface area contributed by atoms with Crippen LogP contribution in [0.3, 0.4) is 0 Å². The Bertz CT molecular complexity index is 710. The maximum absolute atomic E-state index is 14.1. The molecule has 1 nitrogen and oxygen atoms in total. The molecule has 0 fully saturated rings.